The van der Waals surface area contributed by atoms with Crippen LogP contribution in [0.15, 0.2) is 18.2 Å². The highest BCUT2D eigenvalue weighted by molar-refractivity contribution is 5.78. The fourth-order valence-electron chi connectivity index (χ4n) is 3.00. The lowest BCUT2D eigenvalue weighted by Crippen LogP contribution is -2.43. The van der Waals surface area contributed by atoms with Gasteiger partial charge in [0.2, 0.25) is 0 Å². The monoisotopic (exact) mass is 334 g/mol. The zero-order valence-electron chi connectivity index (χ0n) is 15.3. The second-order valence-electron chi connectivity index (χ2n) is 7.40. The summed E-state index contributed by atoms with van der Waals surface area (Å²) in [4.78, 5) is 12.0. The van der Waals surface area contributed by atoms with Crippen molar-refractivity contribution in [2.24, 2.45) is 0 Å². The van der Waals surface area contributed by atoms with E-state index in [4.69, 9.17) is 9.47 Å². The molecule has 0 saturated heterocycles. The molecule has 0 heterocycles. The molecule has 0 aromatic heterocycles. The van der Waals surface area contributed by atoms with Crippen molar-refractivity contribution in [3.05, 3.63) is 23.8 Å². The molecule has 1 fully saturated rings. The Morgan fingerprint density at radius 3 is 2.58 bits per heavy atom. The summed E-state index contributed by atoms with van der Waals surface area (Å²) in [7, 11) is 1.62. The van der Waals surface area contributed by atoms with Gasteiger partial charge >= 0.3 is 0 Å². The van der Waals surface area contributed by atoms with Crippen molar-refractivity contribution >= 4 is 5.91 Å². The van der Waals surface area contributed by atoms with Crippen molar-refractivity contribution in [1.82, 2.24) is 10.6 Å². The highest BCUT2D eigenvalue weighted by Gasteiger charge is 2.18. The van der Waals surface area contributed by atoms with Gasteiger partial charge in [0.15, 0.2) is 18.1 Å². The van der Waals surface area contributed by atoms with Crippen molar-refractivity contribution in [2.75, 3.05) is 13.7 Å². The zero-order valence-corrected chi connectivity index (χ0v) is 15.3. The summed E-state index contributed by atoms with van der Waals surface area (Å²) in [6.45, 7) is 6.55. The van der Waals surface area contributed by atoms with Gasteiger partial charge in [0.05, 0.1) is 7.11 Å². The van der Waals surface area contributed by atoms with Gasteiger partial charge in [0.1, 0.15) is 0 Å². The molecule has 1 aliphatic carbocycles. The maximum Gasteiger partial charge on any atom is 0.258 e. The Labute approximate surface area is 145 Å². The molecule has 0 aliphatic heterocycles. The minimum Gasteiger partial charge on any atom is -0.493 e. The van der Waals surface area contributed by atoms with Gasteiger partial charge in [-0.1, -0.05) is 25.0 Å². The van der Waals surface area contributed by atoms with Gasteiger partial charge < -0.3 is 20.1 Å². The van der Waals surface area contributed by atoms with Crippen LogP contribution in [0.25, 0.3) is 0 Å². The SMILES string of the molecule is COc1cccc(CNC2CCCC2)c1OCC(=O)NC(C)(C)C. The van der Waals surface area contributed by atoms with E-state index in [1.165, 1.54) is 25.7 Å². The van der Waals surface area contributed by atoms with Crippen LogP contribution in [0.3, 0.4) is 0 Å². The standard InChI is InChI=1S/C19H30N2O3/c1-19(2,3)21-17(22)13-24-18-14(8-7-11-16(18)23-4)12-20-15-9-5-6-10-15/h7-8,11,15,20H,5-6,9-10,12-13H2,1-4H3,(H,21,22). The first-order valence-electron chi connectivity index (χ1n) is 8.72. The van der Waals surface area contributed by atoms with Crippen LogP contribution in [0.4, 0.5) is 0 Å². The van der Waals surface area contributed by atoms with Crippen molar-refractivity contribution < 1.29 is 14.3 Å². The van der Waals surface area contributed by atoms with Crippen LogP contribution in [0.5, 0.6) is 11.5 Å². The van der Waals surface area contributed by atoms with Crippen molar-refractivity contribution in [3.63, 3.8) is 0 Å². The molecule has 0 atom stereocenters. The Kier molecular flexibility index (Phi) is 6.49. The van der Waals surface area contributed by atoms with Crippen LogP contribution in [0.2, 0.25) is 0 Å². The second-order valence-corrected chi connectivity index (χ2v) is 7.40. The van der Waals surface area contributed by atoms with Crippen molar-refractivity contribution in [3.8, 4) is 11.5 Å². The molecule has 2 N–H and O–H groups in total. The zero-order chi connectivity index (χ0) is 17.6. The third kappa shape index (κ3) is 5.71. The Morgan fingerprint density at radius 2 is 1.96 bits per heavy atom. The fraction of sp³-hybridized carbons (Fsp3) is 0.632. The predicted molar refractivity (Wildman–Crippen MR) is 95.5 cm³/mol. The van der Waals surface area contributed by atoms with Crippen LogP contribution in [0.1, 0.15) is 52.0 Å². The Morgan fingerprint density at radius 1 is 1.25 bits per heavy atom. The first kappa shape index (κ1) is 18.6. The molecule has 0 unspecified atom stereocenters. The largest absolute Gasteiger partial charge is 0.493 e. The van der Waals surface area contributed by atoms with Gasteiger partial charge in [-0.15, -0.1) is 0 Å². The smallest absolute Gasteiger partial charge is 0.258 e. The highest BCUT2D eigenvalue weighted by Crippen LogP contribution is 2.31. The third-order valence-corrected chi connectivity index (χ3v) is 4.08. The first-order chi connectivity index (χ1) is 11.4. The molecule has 1 saturated carbocycles. The topological polar surface area (TPSA) is 59.6 Å². The average molecular weight is 334 g/mol. The second kappa shape index (κ2) is 8.38. The van der Waals surface area contributed by atoms with Gasteiger partial charge in [-0.2, -0.15) is 0 Å². The number of para-hydroxylation sites is 1. The number of ether oxygens (including phenoxy) is 2. The van der Waals surface area contributed by atoms with Crippen LogP contribution in [0, 0.1) is 0 Å². The normalized spacial score (nSPS) is 15.3. The number of amides is 1. The summed E-state index contributed by atoms with van der Waals surface area (Å²) in [6.07, 6.45) is 5.06. The maximum atomic E-state index is 12.0. The Bertz CT molecular complexity index is 546. The number of nitrogens with one attached hydrogen (secondary N) is 2. The summed E-state index contributed by atoms with van der Waals surface area (Å²) >= 11 is 0. The van der Waals surface area contributed by atoms with E-state index in [-0.39, 0.29) is 18.1 Å². The number of hydrogen-bond acceptors (Lipinski definition) is 4. The number of carbonyl (C=O) groups is 1. The van der Waals surface area contributed by atoms with E-state index in [2.05, 4.69) is 10.6 Å². The van der Waals surface area contributed by atoms with Crippen LogP contribution >= 0.6 is 0 Å². The van der Waals surface area contributed by atoms with Crippen LogP contribution in [-0.4, -0.2) is 31.2 Å². The summed E-state index contributed by atoms with van der Waals surface area (Å²) in [6, 6.07) is 6.40. The number of methoxy groups -OCH3 is 1. The molecule has 1 aromatic carbocycles. The Balaban J connectivity index is 2.01. The molecule has 0 radical (unpaired) electrons. The summed E-state index contributed by atoms with van der Waals surface area (Å²) in [5.41, 5.74) is 0.749. The van der Waals surface area contributed by atoms with Gasteiger partial charge in [-0.25, -0.2) is 0 Å². The van der Waals surface area contributed by atoms with E-state index in [1.54, 1.807) is 7.11 Å². The number of benzene rings is 1. The predicted octanol–water partition coefficient (Wildman–Crippen LogP) is 3.02. The maximum absolute atomic E-state index is 12.0. The molecular formula is C19H30N2O3. The van der Waals surface area contributed by atoms with Crippen molar-refractivity contribution in [1.29, 1.82) is 0 Å². The number of hydrogen-bond donors (Lipinski definition) is 2. The van der Waals surface area contributed by atoms with E-state index >= 15 is 0 Å². The van der Waals surface area contributed by atoms with Gasteiger partial charge in [-0.05, 0) is 39.7 Å². The molecule has 24 heavy (non-hydrogen) atoms. The average Bonchev–Trinajstić information content (AvgIpc) is 3.02. The number of carbonyl (C=O) groups excluding carboxylic acids is 1. The molecular weight excluding hydrogens is 304 g/mol. The molecule has 1 aliphatic rings. The molecule has 0 bridgehead atoms. The lowest BCUT2D eigenvalue weighted by Gasteiger charge is -2.21. The van der Waals surface area contributed by atoms with Crippen LogP contribution < -0.4 is 20.1 Å². The summed E-state index contributed by atoms with van der Waals surface area (Å²) in [5.74, 6) is 1.17. The third-order valence-electron chi connectivity index (χ3n) is 4.08. The minimum atomic E-state index is -0.270. The Hall–Kier alpha value is -1.75. The molecule has 1 aromatic rings. The molecule has 5 heteroatoms. The number of rotatable bonds is 7. The first-order valence-corrected chi connectivity index (χ1v) is 8.72. The van der Waals surface area contributed by atoms with Crippen molar-refractivity contribution in [2.45, 2.75) is 64.6 Å². The minimum absolute atomic E-state index is 0.0198. The van der Waals surface area contributed by atoms with E-state index in [1.807, 2.05) is 39.0 Å². The lowest BCUT2D eigenvalue weighted by molar-refractivity contribution is -0.124. The molecule has 0 spiro atoms. The molecule has 1 amide bonds. The van der Waals surface area contributed by atoms with Gasteiger partial charge in [0.25, 0.3) is 5.91 Å². The molecule has 134 valence electrons. The van der Waals surface area contributed by atoms with E-state index in [9.17, 15) is 4.79 Å². The van der Waals surface area contributed by atoms with E-state index in [0.29, 0.717) is 17.5 Å². The fourth-order valence-corrected chi connectivity index (χ4v) is 3.00. The quantitative estimate of drug-likeness (QED) is 0.805. The van der Waals surface area contributed by atoms with Crippen LogP contribution in [-0.2, 0) is 11.3 Å². The highest BCUT2D eigenvalue weighted by atomic mass is 16.5. The molecule has 2 rings (SSSR count). The lowest BCUT2D eigenvalue weighted by atomic mass is 10.1. The van der Waals surface area contributed by atoms with E-state index in [0.717, 1.165) is 12.1 Å². The summed E-state index contributed by atoms with van der Waals surface area (Å²) < 4.78 is 11.2. The van der Waals surface area contributed by atoms with Gasteiger partial charge in [0, 0.05) is 23.7 Å². The van der Waals surface area contributed by atoms with E-state index < -0.39 is 0 Å². The summed E-state index contributed by atoms with van der Waals surface area (Å²) in [5, 5.41) is 6.48. The van der Waals surface area contributed by atoms with Gasteiger partial charge in [-0.3, -0.25) is 4.79 Å². The molecule has 5 nitrogen and oxygen atoms in total.